The van der Waals surface area contributed by atoms with E-state index in [1.54, 1.807) is 7.11 Å². The fraction of sp³-hybridized carbons (Fsp3) is 0.522. The molecule has 8 heteroatoms. The van der Waals surface area contributed by atoms with Crippen LogP contribution < -0.4 is 9.80 Å². The molecular formula is C23H30N4O4. The van der Waals surface area contributed by atoms with Crippen molar-refractivity contribution in [3.05, 3.63) is 42.7 Å². The van der Waals surface area contributed by atoms with Crippen LogP contribution in [0.2, 0.25) is 0 Å². The minimum Gasteiger partial charge on any atom is -0.480 e. The zero-order valence-corrected chi connectivity index (χ0v) is 17.9. The summed E-state index contributed by atoms with van der Waals surface area (Å²) in [6.45, 7) is 1.98. The zero-order chi connectivity index (χ0) is 21.6. The van der Waals surface area contributed by atoms with Gasteiger partial charge in [0, 0.05) is 25.9 Å². The van der Waals surface area contributed by atoms with Crippen LogP contribution in [0.5, 0.6) is 0 Å². The number of carbonyl (C=O) groups is 1. The standard InChI is InChI=1S/C23H30N4O4/c1-30-20-8-7-19(20)27(18-5-3-2-4-6-18)22-14-24-13-21(25-22)26-11-9-17(10-12-26)15-31-16-23(28)29/h2-6,13-14,17,19-20H,7-12,15-16H2,1H3,(H,28,29)/t19?,20-/m1/s1. The molecule has 0 spiro atoms. The second-order valence-corrected chi connectivity index (χ2v) is 8.20. The minimum atomic E-state index is -0.922. The quantitative estimate of drug-likeness (QED) is 0.654. The number of benzene rings is 1. The topological polar surface area (TPSA) is 88.0 Å². The monoisotopic (exact) mass is 426 g/mol. The molecule has 1 N–H and O–H groups in total. The SMILES string of the molecule is CO[C@@H]1CCC1N(c1ccccc1)c1cncc(N2CCC(COCC(=O)O)CC2)n1. The van der Waals surface area contributed by atoms with E-state index in [0.29, 0.717) is 12.5 Å². The fourth-order valence-electron chi connectivity index (χ4n) is 4.36. The molecule has 0 bridgehead atoms. The average molecular weight is 427 g/mol. The van der Waals surface area contributed by atoms with Crippen molar-refractivity contribution in [2.24, 2.45) is 5.92 Å². The normalized spacial score (nSPS) is 21.5. The van der Waals surface area contributed by atoms with Crippen molar-refractivity contribution in [3.63, 3.8) is 0 Å². The Kier molecular flexibility index (Phi) is 6.99. The Morgan fingerprint density at radius 3 is 2.58 bits per heavy atom. The lowest BCUT2D eigenvalue weighted by molar-refractivity contribution is -0.142. The van der Waals surface area contributed by atoms with Crippen molar-refractivity contribution in [3.8, 4) is 0 Å². The number of hydrogen-bond acceptors (Lipinski definition) is 7. The number of methoxy groups -OCH3 is 1. The predicted octanol–water partition coefficient (Wildman–Crippen LogP) is 3.11. The van der Waals surface area contributed by atoms with Crippen molar-refractivity contribution in [1.29, 1.82) is 0 Å². The van der Waals surface area contributed by atoms with E-state index in [0.717, 1.165) is 56.1 Å². The summed E-state index contributed by atoms with van der Waals surface area (Å²) in [6, 6.07) is 10.5. The van der Waals surface area contributed by atoms with Gasteiger partial charge in [0.2, 0.25) is 0 Å². The Bertz CT molecular complexity index is 856. The molecule has 31 heavy (non-hydrogen) atoms. The van der Waals surface area contributed by atoms with Crippen molar-refractivity contribution in [2.75, 3.05) is 43.2 Å². The second kappa shape index (κ2) is 10.1. The minimum absolute atomic E-state index is 0.187. The number of anilines is 3. The molecule has 1 aromatic carbocycles. The third-order valence-electron chi connectivity index (χ3n) is 6.22. The van der Waals surface area contributed by atoms with Gasteiger partial charge in [-0.3, -0.25) is 4.98 Å². The summed E-state index contributed by atoms with van der Waals surface area (Å²) in [7, 11) is 1.77. The van der Waals surface area contributed by atoms with Crippen molar-refractivity contribution in [1.82, 2.24) is 9.97 Å². The van der Waals surface area contributed by atoms with Gasteiger partial charge in [0.15, 0.2) is 5.82 Å². The molecule has 0 radical (unpaired) electrons. The molecule has 2 heterocycles. The van der Waals surface area contributed by atoms with Crippen LogP contribution >= 0.6 is 0 Å². The molecule has 2 aliphatic rings. The Balaban J connectivity index is 1.46. The van der Waals surface area contributed by atoms with Gasteiger partial charge in [-0.1, -0.05) is 18.2 Å². The molecule has 0 amide bonds. The number of piperidine rings is 1. The lowest BCUT2D eigenvalue weighted by Gasteiger charge is -2.44. The Labute approximate surface area is 182 Å². The Morgan fingerprint density at radius 2 is 1.94 bits per heavy atom. The van der Waals surface area contributed by atoms with Gasteiger partial charge in [-0.05, 0) is 43.7 Å². The van der Waals surface area contributed by atoms with Gasteiger partial charge in [-0.25, -0.2) is 9.78 Å². The smallest absolute Gasteiger partial charge is 0.329 e. The molecule has 1 saturated heterocycles. The summed E-state index contributed by atoms with van der Waals surface area (Å²) in [6.07, 6.45) is 7.84. The number of para-hydroxylation sites is 1. The summed E-state index contributed by atoms with van der Waals surface area (Å²) >= 11 is 0. The average Bonchev–Trinajstić information content (AvgIpc) is 2.78. The first-order valence-corrected chi connectivity index (χ1v) is 10.9. The number of carboxylic acids is 1. The molecule has 2 fully saturated rings. The second-order valence-electron chi connectivity index (χ2n) is 8.20. The number of carboxylic acid groups (broad SMARTS) is 1. The van der Waals surface area contributed by atoms with E-state index in [9.17, 15) is 4.79 Å². The number of hydrogen-bond donors (Lipinski definition) is 1. The van der Waals surface area contributed by atoms with Crippen LogP contribution in [0.1, 0.15) is 25.7 Å². The molecule has 1 aliphatic heterocycles. The maximum absolute atomic E-state index is 10.6. The van der Waals surface area contributed by atoms with Crippen molar-refractivity contribution in [2.45, 2.75) is 37.8 Å². The van der Waals surface area contributed by atoms with Crippen molar-refractivity contribution < 1.29 is 19.4 Å². The molecule has 1 aromatic heterocycles. The van der Waals surface area contributed by atoms with E-state index in [1.165, 1.54) is 0 Å². The van der Waals surface area contributed by atoms with Crippen LogP contribution in [-0.4, -0.2) is 66.6 Å². The highest BCUT2D eigenvalue weighted by Gasteiger charge is 2.37. The first-order valence-electron chi connectivity index (χ1n) is 10.9. The number of aliphatic carboxylic acids is 1. The predicted molar refractivity (Wildman–Crippen MR) is 118 cm³/mol. The van der Waals surface area contributed by atoms with Crippen LogP contribution in [0.25, 0.3) is 0 Å². The van der Waals surface area contributed by atoms with Crippen LogP contribution in [0.4, 0.5) is 17.3 Å². The van der Waals surface area contributed by atoms with Gasteiger partial charge in [-0.2, -0.15) is 0 Å². The molecule has 2 aromatic rings. The molecule has 166 valence electrons. The van der Waals surface area contributed by atoms with Gasteiger partial charge in [0.25, 0.3) is 0 Å². The van der Waals surface area contributed by atoms with Crippen LogP contribution in [0.15, 0.2) is 42.7 Å². The van der Waals surface area contributed by atoms with E-state index in [1.807, 2.05) is 30.6 Å². The maximum atomic E-state index is 10.6. The summed E-state index contributed by atoms with van der Waals surface area (Å²) in [5.41, 5.74) is 1.09. The summed E-state index contributed by atoms with van der Waals surface area (Å²) < 4.78 is 11.0. The van der Waals surface area contributed by atoms with Crippen LogP contribution in [0.3, 0.4) is 0 Å². The highest BCUT2D eigenvalue weighted by molar-refractivity contribution is 5.68. The number of nitrogens with zero attached hydrogens (tertiary/aromatic N) is 4. The van der Waals surface area contributed by atoms with E-state index in [2.05, 4.69) is 26.9 Å². The van der Waals surface area contributed by atoms with E-state index in [4.69, 9.17) is 19.6 Å². The van der Waals surface area contributed by atoms with Gasteiger partial charge in [0.05, 0.1) is 31.1 Å². The summed E-state index contributed by atoms with van der Waals surface area (Å²) in [5.74, 6) is 1.17. The first kappa shape index (κ1) is 21.5. The molecule has 8 nitrogen and oxygen atoms in total. The summed E-state index contributed by atoms with van der Waals surface area (Å²) in [5, 5.41) is 8.72. The first-order chi connectivity index (χ1) is 15.2. The van der Waals surface area contributed by atoms with Crippen molar-refractivity contribution >= 4 is 23.3 Å². The molecule has 2 atom stereocenters. The van der Waals surface area contributed by atoms with Gasteiger partial charge >= 0.3 is 5.97 Å². The lowest BCUT2D eigenvalue weighted by Crippen LogP contribution is -2.50. The Morgan fingerprint density at radius 1 is 1.16 bits per heavy atom. The number of aromatic nitrogens is 2. The van der Waals surface area contributed by atoms with E-state index in [-0.39, 0.29) is 18.8 Å². The molecule has 1 saturated carbocycles. The van der Waals surface area contributed by atoms with Gasteiger partial charge in [-0.15, -0.1) is 0 Å². The fourth-order valence-corrected chi connectivity index (χ4v) is 4.36. The van der Waals surface area contributed by atoms with Gasteiger partial charge < -0.3 is 24.4 Å². The Hall–Kier alpha value is -2.71. The highest BCUT2D eigenvalue weighted by Crippen LogP contribution is 2.37. The molecule has 4 rings (SSSR count). The summed E-state index contributed by atoms with van der Waals surface area (Å²) in [4.78, 5) is 24.6. The van der Waals surface area contributed by atoms with E-state index < -0.39 is 5.97 Å². The third kappa shape index (κ3) is 5.14. The van der Waals surface area contributed by atoms with Gasteiger partial charge in [0.1, 0.15) is 12.4 Å². The maximum Gasteiger partial charge on any atom is 0.329 e. The number of rotatable bonds is 9. The third-order valence-corrected chi connectivity index (χ3v) is 6.22. The van der Waals surface area contributed by atoms with Crippen LogP contribution in [-0.2, 0) is 14.3 Å². The molecule has 1 aliphatic carbocycles. The zero-order valence-electron chi connectivity index (χ0n) is 17.9. The lowest BCUT2D eigenvalue weighted by atomic mass is 9.87. The molecule has 1 unspecified atom stereocenters. The molecular weight excluding hydrogens is 396 g/mol. The number of ether oxygens (including phenoxy) is 2. The van der Waals surface area contributed by atoms with Crippen LogP contribution in [0, 0.1) is 5.92 Å². The largest absolute Gasteiger partial charge is 0.480 e. The highest BCUT2D eigenvalue weighted by atomic mass is 16.5. The van der Waals surface area contributed by atoms with E-state index >= 15 is 0 Å².